The monoisotopic (exact) mass is 249 g/mol. The second-order valence-corrected chi connectivity index (χ2v) is 6.21. The molecule has 2 nitrogen and oxygen atoms in total. The Kier molecular flexibility index (Phi) is 4.21. The smallest absolute Gasteiger partial charge is 0.162 e. The predicted molar refractivity (Wildman–Crippen MR) is 71.5 cm³/mol. The van der Waals surface area contributed by atoms with Gasteiger partial charge in [0, 0.05) is 17.0 Å². The van der Waals surface area contributed by atoms with Gasteiger partial charge in [-0.25, -0.2) is 4.98 Å². The van der Waals surface area contributed by atoms with Crippen molar-refractivity contribution in [2.75, 3.05) is 0 Å². The molecule has 2 rings (SSSR count). The van der Waals surface area contributed by atoms with Crippen LogP contribution in [0.2, 0.25) is 0 Å². The van der Waals surface area contributed by atoms with Gasteiger partial charge in [-0.3, -0.25) is 4.79 Å². The molecule has 1 aromatic heterocycles. The number of ketones is 1. The third-order valence-electron chi connectivity index (χ3n) is 3.32. The van der Waals surface area contributed by atoms with Crippen molar-refractivity contribution in [2.24, 2.45) is 5.92 Å². The highest BCUT2D eigenvalue weighted by molar-refractivity contribution is 7.99. The maximum Gasteiger partial charge on any atom is 0.162 e. The number of pyridine rings is 1. The number of Topliss-reactive ketones (excluding diaryl/α,β-unsaturated/α-hetero) is 1. The molecule has 0 spiro atoms. The summed E-state index contributed by atoms with van der Waals surface area (Å²) in [5.41, 5.74) is 0.774. The normalized spacial score (nSPS) is 24.6. The molecule has 92 valence electrons. The highest BCUT2D eigenvalue weighted by Crippen LogP contribution is 2.36. The third-order valence-corrected chi connectivity index (χ3v) is 4.63. The quantitative estimate of drug-likeness (QED) is 0.760. The Morgan fingerprint density at radius 3 is 3.00 bits per heavy atom. The lowest BCUT2D eigenvalue weighted by Crippen LogP contribution is -2.15. The van der Waals surface area contributed by atoms with E-state index < -0.39 is 0 Å². The van der Waals surface area contributed by atoms with Crippen molar-refractivity contribution in [3.63, 3.8) is 0 Å². The van der Waals surface area contributed by atoms with Gasteiger partial charge >= 0.3 is 0 Å². The van der Waals surface area contributed by atoms with E-state index in [9.17, 15) is 4.79 Å². The lowest BCUT2D eigenvalue weighted by molar-refractivity contribution is 0.101. The molecule has 1 aliphatic carbocycles. The van der Waals surface area contributed by atoms with Crippen molar-refractivity contribution >= 4 is 17.5 Å². The molecule has 0 aromatic carbocycles. The Morgan fingerprint density at radius 2 is 2.29 bits per heavy atom. The molecule has 1 aromatic rings. The molecule has 0 aliphatic heterocycles. The van der Waals surface area contributed by atoms with Crippen LogP contribution >= 0.6 is 11.8 Å². The van der Waals surface area contributed by atoms with Crippen molar-refractivity contribution < 1.29 is 4.79 Å². The minimum absolute atomic E-state index is 0.115. The van der Waals surface area contributed by atoms with E-state index in [0.717, 1.165) is 16.5 Å². The van der Waals surface area contributed by atoms with E-state index in [-0.39, 0.29) is 5.78 Å². The summed E-state index contributed by atoms with van der Waals surface area (Å²) in [5.74, 6) is 0.926. The molecule has 2 atom stereocenters. The van der Waals surface area contributed by atoms with Gasteiger partial charge in [0.15, 0.2) is 5.78 Å². The van der Waals surface area contributed by atoms with Gasteiger partial charge in [0.1, 0.15) is 5.03 Å². The summed E-state index contributed by atoms with van der Waals surface area (Å²) in [6, 6.07) is 3.72. The number of rotatable bonds is 3. The fraction of sp³-hybridized carbons (Fsp3) is 0.571. The average molecular weight is 249 g/mol. The summed E-state index contributed by atoms with van der Waals surface area (Å²) < 4.78 is 0. The Hall–Kier alpha value is -0.830. The molecular formula is C14H19NOS. The van der Waals surface area contributed by atoms with Gasteiger partial charge in [0.25, 0.3) is 0 Å². The minimum atomic E-state index is 0.115. The molecular weight excluding hydrogens is 230 g/mol. The first-order valence-corrected chi connectivity index (χ1v) is 7.17. The zero-order chi connectivity index (χ0) is 12.3. The number of carbonyl (C=O) groups excluding carboxylic acids is 1. The van der Waals surface area contributed by atoms with Crippen molar-refractivity contribution in [3.05, 3.63) is 23.9 Å². The lowest BCUT2D eigenvalue weighted by atomic mass is 9.91. The molecule has 1 saturated carbocycles. The van der Waals surface area contributed by atoms with Gasteiger partial charge in [0.2, 0.25) is 0 Å². The Bertz CT molecular complexity index is 405. The van der Waals surface area contributed by atoms with Crippen LogP contribution in [0.15, 0.2) is 23.4 Å². The lowest BCUT2D eigenvalue weighted by Gasteiger charge is -2.26. The second kappa shape index (κ2) is 5.67. The number of aromatic nitrogens is 1. The molecule has 1 fully saturated rings. The van der Waals surface area contributed by atoms with Crippen LogP contribution in [0.3, 0.4) is 0 Å². The van der Waals surface area contributed by atoms with E-state index in [2.05, 4.69) is 11.9 Å². The van der Waals surface area contributed by atoms with Crippen LogP contribution in [-0.4, -0.2) is 16.0 Å². The Balaban J connectivity index is 2.10. The van der Waals surface area contributed by atoms with Crippen molar-refractivity contribution in [1.82, 2.24) is 4.98 Å². The largest absolute Gasteiger partial charge is 0.294 e. The van der Waals surface area contributed by atoms with Gasteiger partial charge in [-0.2, -0.15) is 0 Å². The van der Waals surface area contributed by atoms with E-state index in [1.165, 1.54) is 25.7 Å². The van der Waals surface area contributed by atoms with Crippen LogP contribution in [0.25, 0.3) is 0 Å². The molecule has 0 bridgehead atoms. The molecule has 3 heteroatoms. The minimum Gasteiger partial charge on any atom is -0.294 e. The molecule has 1 aliphatic rings. The third kappa shape index (κ3) is 3.32. The molecule has 0 radical (unpaired) electrons. The molecule has 0 saturated heterocycles. The summed E-state index contributed by atoms with van der Waals surface area (Å²) in [6.45, 7) is 3.93. The first-order valence-electron chi connectivity index (χ1n) is 6.29. The maximum atomic E-state index is 11.5. The second-order valence-electron chi connectivity index (χ2n) is 4.92. The first-order chi connectivity index (χ1) is 8.16. The standard InChI is InChI=1S/C14H19NOS/c1-10-5-3-6-12(9-10)17-14-13(11(2)16)7-4-8-15-14/h4,7-8,10,12H,3,5-6,9H2,1-2H3. The van der Waals surface area contributed by atoms with E-state index in [1.54, 1.807) is 24.9 Å². The van der Waals surface area contributed by atoms with E-state index >= 15 is 0 Å². The van der Waals surface area contributed by atoms with E-state index in [1.807, 2.05) is 12.1 Å². The number of carbonyl (C=O) groups is 1. The summed E-state index contributed by atoms with van der Waals surface area (Å²) in [5, 5.41) is 1.55. The van der Waals surface area contributed by atoms with Crippen LogP contribution in [-0.2, 0) is 0 Å². The number of hydrogen-bond acceptors (Lipinski definition) is 3. The van der Waals surface area contributed by atoms with Crippen molar-refractivity contribution in [2.45, 2.75) is 49.8 Å². The topological polar surface area (TPSA) is 30.0 Å². The van der Waals surface area contributed by atoms with Crippen LogP contribution in [0.5, 0.6) is 0 Å². The van der Waals surface area contributed by atoms with Gasteiger partial charge in [-0.1, -0.05) is 19.8 Å². The van der Waals surface area contributed by atoms with Gasteiger partial charge in [-0.15, -0.1) is 11.8 Å². The molecule has 1 heterocycles. The van der Waals surface area contributed by atoms with Crippen LogP contribution in [0.4, 0.5) is 0 Å². The molecule has 0 amide bonds. The molecule has 2 unspecified atom stereocenters. The number of thioether (sulfide) groups is 1. The van der Waals surface area contributed by atoms with Gasteiger partial charge in [-0.05, 0) is 37.8 Å². The van der Waals surface area contributed by atoms with Crippen molar-refractivity contribution in [1.29, 1.82) is 0 Å². The summed E-state index contributed by atoms with van der Waals surface area (Å²) >= 11 is 1.79. The molecule has 17 heavy (non-hydrogen) atoms. The fourth-order valence-corrected chi connectivity index (χ4v) is 3.88. The summed E-state index contributed by atoms with van der Waals surface area (Å²) in [4.78, 5) is 15.9. The Morgan fingerprint density at radius 1 is 1.47 bits per heavy atom. The summed E-state index contributed by atoms with van der Waals surface area (Å²) in [6.07, 6.45) is 6.93. The van der Waals surface area contributed by atoms with E-state index in [0.29, 0.717) is 5.25 Å². The van der Waals surface area contributed by atoms with E-state index in [4.69, 9.17) is 0 Å². The number of nitrogens with zero attached hydrogens (tertiary/aromatic N) is 1. The van der Waals surface area contributed by atoms with Crippen LogP contribution in [0.1, 0.15) is 49.9 Å². The van der Waals surface area contributed by atoms with Crippen LogP contribution < -0.4 is 0 Å². The Labute approximate surface area is 107 Å². The zero-order valence-electron chi connectivity index (χ0n) is 10.5. The van der Waals surface area contributed by atoms with Gasteiger partial charge < -0.3 is 0 Å². The number of hydrogen-bond donors (Lipinski definition) is 0. The van der Waals surface area contributed by atoms with Crippen LogP contribution in [0, 0.1) is 5.92 Å². The first kappa shape index (κ1) is 12.6. The highest BCUT2D eigenvalue weighted by atomic mass is 32.2. The maximum absolute atomic E-state index is 11.5. The van der Waals surface area contributed by atoms with Gasteiger partial charge in [0.05, 0.1) is 0 Å². The fourth-order valence-electron chi connectivity index (χ4n) is 2.40. The van der Waals surface area contributed by atoms with Crippen molar-refractivity contribution in [3.8, 4) is 0 Å². The predicted octanol–water partition coefficient (Wildman–Crippen LogP) is 3.96. The average Bonchev–Trinajstić information content (AvgIpc) is 2.29. The highest BCUT2D eigenvalue weighted by Gasteiger charge is 2.21. The SMILES string of the molecule is CC(=O)c1cccnc1SC1CCCC(C)C1. The summed E-state index contributed by atoms with van der Waals surface area (Å²) in [7, 11) is 0. The zero-order valence-corrected chi connectivity index (χ0v) is 11.3. The molecule has 0 N–H and O–H groups in total.